The van der Waals surface area contributed by atoms with Crippen molar-refractivity contribution >= 4 is 40.2 Å². The van der Waals surface area contributed by atoms with Gasteiger partial charge in [0.1, 0.15) is 11.4 Å². The highest BCUT2D eigenvalue weighted by Crippen LogP contribution is 2.29. The fraction of sp³-hybridized carbons (Fsp3) is 0.346. The van der Waals surface area contributed by atoms with E-state index in [4.69, 9.17) is 10.5 Å². The maximum atomic E-state index is 15.2. The Hall–Kier alpha value is -4.68. The molecule has 0 unspecified atom stereocenters. The number of pyridine rings is 1. The van der Waals surface area contributed by atoms with Gasteiger partial charge in [0, 0.05) is 30.9 Å². The number of hydrogen-bond donors (Lipinski definition) is 4. The zero-order chi connectivity index (χ0) is 28.2. The van der Waals surface area contributed by atoms with Crippen LogP contribution in [0.5, 0.6) is 0 Å². The number of halogens is 1. The molecule has 3 aromatic heterocycles. The average molecular weight is 538 g/mol. The van der Waals surface area contributed by atoms with Crippen LogP contribution < -0.4 is 21.7 Å². The van der Waals surface area contributed by atoms with E-state index in [0.29, 0.717) is 12.2 Å². The molecule has 3 heterocycles. The number of hydrogen-bond acceptors (Lipinski definition) is 8. The summed E-state index contributed by atoms with van der Waals surface area (Å²) in [6, 6.07) is 7.81. The Kier molecular flexibility index (Phi) is 7.98. The summed E-state index contributed by atoms with van der Waals surface area (Å²) in [4.78, 5) is 28.8. The summed E-state index contributed by atoms with van der Waals surface area (Å²) in [5.41, 5.74) is 6.27. The molecule has 5 N–H and O–H groups in total. The number of alkyl carbamates (subject to hydrolysis) is 1. The predicted octanol–water partition coefficient (Wildman–Crippen LogP) is 3.63. The van der Waals surface area contributed by atoms with E-state index in [1.54, 1.807) is 56.2 Å². The molecule has 4 aromatic rings. The van der Waals surface area contributed by atoms with Crippen LogP contribution in [0.15, 0.2) is 48.9 Å². The van der Waals surface area contributed by atoms with Crippen molar-refractivity contribution in [2.75, 3.05) is 17.2 Å². The summed E-state index contributed by atoms with van der Waals surface area (Å²) >= 11 is 0. The number of fused-ring (bicyclic) bond motifs is 1. The fourth-order valence-electron chi connectivity index (χ4n) is 3.97. The molecule has 12 nitrogen and oxygen atoms in total. The van der Waals surface area contributed by atoms with E-state index in [1.807, 2.05) is 23.7 Å². The molecule has 0 saturated heterocycles. The third-order valence-corrected chi connectivity index (χ3v) is 5.68. The molecule has 13 heteroatoms. The highest BCUT2D eigenvalue weighted by atomic mass is 19.1. The molecular weight excluding hydrogens is 505 g/mol. The Labute approximate surface area is 224 Å². The largest absolute Gasteiger partial charge is 0.444 e. The first-order valence-corrected chi connectivity index (χ1v) is 12.5. The molecule has 0 spiro atoms. The second-order valence-electron chi connectivity index (χ2n) is 9.86. The van der Waals surface area contributed by atoms with Crippen molar-refractivity contribution in [3.8, 4) is 0 Å². The van der Waals surface area contributed by atoms with Gasteiger partial charge in [-0.3, -0.25) is 14.2 Å². The Morgan fingerprint density at radius 3 is 2.64 bits per heavy atom. The second kappa shape index (κ2) is 11.4. The third kappa shape index (κ3) is 6.80. The number of nitrogens with two attached hydrogens (primary N) is 1. The van der Waals surface area contributed by atoms with Crippen LogP contribution in [0.3, 0.4) is 0 Å². The van der Waals surface area contributed by atoms with Crippen LogP contribution in [0.4, 0.5) is 26.5 Å². The van der Waals surface area contributed by atoms with E-state index < -0.39 is 29.5 Å². The van der Waals surface area contributed by atoms with Gasteiger partial charge >= 0.3 is 6.09 Å². The van der Waals surface area contributed by atoms with Crippen LogP contribution in [-0.4, -0.2) is 54.7 Å². The average Bonchev–Trinajstić information content (AvgIpc) is 3.53. The molecule has 0 saturated carbocycles. The van der Waals surface area contributed by atoms with Gasteiger partial charge in [0.15, 0.2) is 11.6 Å². The zero-order valence-electron chi connectivity index (χ0n) is 22.2. The molecule has 0 aliphatic carbocycles. The molecule has 0 bridgehead atoms. The van der Waals surface area contributed by atoms with Gasteiger partial charge in [-0.05, 0) is 52.0 Å². The number of carbonyl (C=O) groups is 2. The number of aryl methyl sites for hydroxylation is 1. The summed E-state index contributed by atoms with van der Waals surface area (Å²) < 4.78 is 24.0. The molecule has 2 amide bonds. The standard InChI is InChI=1S/C26H32FN9O3/c1-5-36-21-9-6-8-20(18(21)14-31-36)33-23-17(22(28)37)12-19(27)24(34-23)32-16(15-35-11-7-10-30-35)13-29-25(38)39-26(2,3)4/h6-12,14,16H,5,13,15H2,1-4H3,(H2,28,37)(H,29,38)(H2,32,33,34)/t16-/m0/s1. The minimum absolute atomic E-state index is 0.0705. The van der Waals surface area contributed by atoms with Crippen molar-refractivity contribution in [3.05, 3.63) is 60.3 Å². The quantitative estimate of drug-likeness (QED) is 0.239. The summed E-state index contributed by atoms with van der Waals surface area (Å²) in [5.74, 6) is -1.69. The van der Waals surface area contributed by atoms with Crippen molar-refractivity contribution in [1.29, 1.82) is 0 Å². The number of nitrogens with zero attached hydrogens (tertiary/aromatic N) is 5. The van der Waals surface area contributed by atoms with Crippen LogP contribution in [0.2, 0.25) is 0 Å². The maximum absolute atomic E-state index is 15.2. The molecule has 0 fully saturated rings. The van der Waals surface area contributed by atoms with Crippen molar-refractivity contribution in [3.63, 3.8) is 0 Å². The number of benzene rings is 1. The molecule has 0 aliphatic heterocycles. The van der Waals surface area contributed by atoms with Crippen LogP contribution >= 0.6 is 0 Å². The Bertz CT molecular complexity index is 1460. The van der Waals surface area contributed by atoms with Gasteiger partial charge < -0.3 is 26.4 Å². The normalized spacial score (nSPS) is 12.2. The lowest BCUT2D eigenvalue weighted by molar-refractivity contribution is 0.0524. The second-order valence-corrected chi connectivity index (χ2v) is 9.86. The third-order valence-electron chi connectivity index (χ3n) is 5.68. The summed E-state index contributed by atoms with van der Waals surface area (Å²) in [6.45, 7) is 8.28. The SMILES string of the molecule is CCn1ncc2c(Nc3nc(N[C@@H](CNC(=O)OC(C)(C)C)Cn4cccn4)c(F)cc3C(N)=O)cccc21. The number of ether oxygens (including phenoxy) is 1. The van der Waals surface area contributed by atoms with Gasteiger partial charge in [0.05, 0.1) is 35.6 Å². The van der Waals surface area contributed by atoms with E-state index in [9.17, 15) is 9.59 Å². The van der Waals surface area contributed by atoms with Gasteiger partial charge in [-0.25, -0.2) is 14.2 Å². The van der Waals surface area contributed by atoms with Crippen molar-refractivity contribution in [1.82, 2.24) is 29.9 Å². The predicted molar refractivity (Wildman–Crippen MR) is 145 cm³/mol. The van der Waals surface area contributed by atoms with Crippen molar-refractivity contribution in [2.24, 2.45) is 5.73 Å². The first-order valence-electron chi connectivity index (χ1n) is 12.5. The highest BCUT2D eigenvalue weighted by molar-refractivity contribution is 6.00. The van der Waals surface area contributed by atoms with Gasteiger partial charge in [0.25, 0.3) is 5.91 Å². The molecule has 39 heavy (non-hydrogen) atoms. The molecule has 0 aliphatic rings. The fourth-order valence-corrected chi connectivity index (χ4v) is 3.97. The number of primary amides is 1. The smallest absolute Gasteiger partial charge is 0.407 e. The summed E-state index contributed by atoms with van der Waals surface area (Å²) in [7, 11) is 0. The number of nitrogens with one attached hydrogen (secondary N) is 3. The minimum atomic E-state index is -0.841. The number of amides is 2. The van der Waals surface area contributed by atoms with Crippen LogP contribution in [0.25, 0.3) is 10.9 Å². The van der Waals surface area contributed by atoms with E-state index in [2.05, 4.69) is 31.1 Å². The van der Waals surface area contributed by atoms with E-state index in [1.165, 1.54) is 0 Å². The molecule has 0 radical (unpaired) electrons. The van der Waals surface area contributed by atoms with Gasteiger partial charge in [-0.15, -0.1) is 0 Å². The Morgan fingerprint density at radius 1 is 1.18 bits per heavy atom. The number of anilines is 3. The van der Waals surface area contributed by atoms with Crippen LogP contribution in [-0.2, 0) is 17.8 Å². The molecule has 1 aromatic carbocycles. The molecule has 206 valence electrons. The van der Waals surface area contributed by atoms with Crippen LogP contribution in [0.1, 0.15) is 38.1 Å². The minimum Gasteiger partial charge on any atom is -0.444 e. The zero-order valence-corrected chi connectivity index (χ0v) is 22.2. The first-order chi connectivity index (χ1) is 18.5. The Morgan fingerprint density at radius 2 is 1.97 bits per heavy atom. The number of rotatable bonds is 10. The lowest BCUT2D eigenvalue weighted by Gasteiger charge is -2.23. The number of carbonyl (C=O) groups excluding carboxylic acids is 2. The summed E-state index contributed by atoms with van der Waals surface area (Å²) in [5, 5.41) is 18.2. The topological polar surface area (TPSA) is 154 Å². The Balaban J connectivity index is 1.63. The number of aromatic nitrogens is 5. The lowest BCUT2D eigenvalue weighted by Crippen LogP contribution is -2.41. The molecule has 1 atom stereocenters. The highest BCUT2D eigenvalue weighted by Gasteiger charge is 2.22. The van der Waals surface area contributed by atoms with E-state index in [0.717, 1.165) is 17.0 Å². The van der Waals surface area contributed by atoms with E-state index in [-0.39, 0.29) is 30.3 Å². The van der Waals surface area contributed by atoms with E-state index >= 15 is 4.39 Å². The monoisotopic (exact) mass is 537 g/mol. The maximum Gasteiger partial charge on any atom is 0.407 e. The molecular formula is C26H32FN9O3. The van der Waals surface area contributed by atoms with Crippen molar-refractivity contribution in [2.45, 2.75) is 52.4 Å². The lowest BCUT2D eigenvalue weighted by atomic mass is 10.2. The summed E-state index contributed by atoms with van der Waals surface area (Å²) in [6.07, 6.45) is 4.44. The first kappa shape index (κ1) is 27.4. The molecule has 4 rings (SSSR count). The van der Waals surface area contributed by atoms with Gasteiger partial charge in [-0.1, -0.05) is 6.07 Å². The van der Waals surface area contributed by atoms with Gasteiger partial charge in [0.2, 0.25) is 0 Å². The van der Waals surface area contributed by atoms with Crippen molar-refractivity contribution < 1.29 is 18.7 Å². The van der Waals surface area contributed by atoms with Gasteiger partial charge in [-0.2, -0.15) is 10.2 Å². The van der Waals surface area contributed by atoms with Crippen LogP contribution in [0, 0.1) is 5.82 Å².